The van der Waals surface area contributed by atoms with Crippen LogP contribution < -0.4 is 14.4 Å². The molecule has 1 saturated heterocycles. The van der Waals surface area contributed by atoms with Gasteiger partial charge in [-0.1, -0.05) is 79.0 Å². The molecule has 4 heterocycles. The van der Waals surface area contributed by atoms with Crippen molar-refractivity contribution in [3.63, 3.8) is 0 Å². The van der Waals surface area contributed by atoms with Crippen LogP contribution in [0.2, 0.25) is 15.1 Å². The predicted molar refractivity (Wildman–Crippen MR) is 286 cm³/mol. The van der Waals surface area contributed by atoms with Crippen molar-refractivity contribution in [3.8, 4) is 22.8 Å². The van der Waals surface area contributed by atoms with Crippen LogP contribution in [0.25, 0.3) is 11.3 Å². The molecule has 0 spiro atoms. The van der Waals surface area contributed by atoms with E-state index in [1.54, 1.807) is 59.6 Å². The maximum atomic E-state index is 15.4. The zero-order chi connectivity index (χ0) is 53.3. The minimum Gasteiger partial charge on any atom is -0.496 e. The summed E-state index contributed by atoms with van der Waals surface area (Å²) in [5.74, 6) is 0.433. The highest BCUT2D eigenvalue weighted by molar-refractivity contribution is 6.32. The number of fused-ring (bicyclic) bond motifs is 3. The Bertz CT molecular complexity index is 3140. The zero-order valence-corrected chi connectivity index (χ0v) is 44.1. The summed E-state index contributed by atoms with van der Waals surface area (Å²) in [7, 11) is 2.99. The molecule has 2 aliphatic rings. The van der Waals surface area contributed by atoms with Gasteiger partial charge in [0, 0.05) is 96.8 Å². The van der Waals surface area contributed by atoms with Crippen molar-refractivity contribution >= 4 is 69.5 Å². The summed E-state index contributed by atoms with van der Waals surface area (Å²) >= 11 is 18.9. The summed E-state index contributed by atoms with van der Waals surface area (Å²) in [6.45, 7) is 5.23. The monoisotopic (exact) mass is 1080 g/mol. The third-order valence-electron chi connectivity index (χ3n) is 13.1. The number of carbonyl (C=O) groups is 3. The SMILES string of the molecule is COc1cc(Cc2ncc3c(n2)-c2ccc(Cl)cc2C(c2c(F)cccc2OC)=NC3)ccc1C(=O)CCCOCCCC(=O)CC(=O)N1C[C@@H](CC(C)C)N(c2ncc(Cl)cc2[N+](=O)[O-])[C@@H](c2ccc(Cl)cc2)C1. The lowest BCUT2D eigenvalue weighted by molar-refractivity contribution is -0.384. The Morgan fingerprint density at radius 2 is 1.59 bits per heavy atom. The number of ketones is 2. The number of carbonyl (C=O) groups excluding carboxylic acids is 3. The van der Waals surface area contributed by atoms with Gasteiger partial charge in [-0.25, -0.2) is 19.3 Å². The molecule has 0 N–H and O–H groups in total. The van der Waals surface area contributed by atoms with Crippen LogP contribution in [0.15, 0.2) is 102 Å². The fourth-order valence-corrected chi connectivity index (χ4v) is 10.1. The average molecular weight is 1080 g/mol. The van der Waals surface area contributed by atoms with Gasteiger partial charge in [-0.2, -0.15) is 0 Å². The molecule has 390 valence electrons. The van der Waals surface area contributed by atoms with Gasteiger partial charge in [0.2, 0.25) is 11.7 Å². The summed E-state index contributed by atoms with van der Waals surface area (Å²) in [5.41, 5.74) is 5.15. The first kappa shape index (κ1) is 54.4. The normalized spacial score (nSPS) is 15.2. The number of nitro groups is 1. The second-order valence-corrected chi connectivity index (χ2v) is 20.1. The van der Waals surface area contributed by atoms with E-state index >= 15 is 4.39 Å². The Morgan fingerprint density at radius 1 is 0.840 bits per heavy atom. The van der Waals surface area contributed by atoms with Crippen molar-refractivity contribution in [2.45, 2.75) is 77.4 Å². The molecule has 6 aromatic rings. The van der Waals surface area contributed by atoms with E-state index in [0.29, 0.717) is 82.2 Å². The average Bonchev–Trinajstić information content (AvgIpc) is 3.54. The predicted octanol–water partition coefficient (Wildman–Crippen LogP) is 11.7. The minimum atomic E-state index is -0.535. The minimum absolute atomic E-state index is 0.119. The van der Waals surface area contributed by atoms with Crippen molar-refractivity contribution in [1.29, 1.82) is 0 Å². The van der Waals surface area contributed by atoms with E-state index in [1.807, 2.05) is 43.0 Å². The number of amides is 1. The second kappa shape index (κ2) is 24.7. The number of hydrogen-bond acceptors (Lipinski definition) is 13. The van der Waals surface area contributed by atoms with Gasteiger partial charge in [-0.3, -0.25) is 29.5 Å². The highest BCUT2D eigenvalue weighted by Gasteiger charge is 2.41. The first-order valence-corrected chi connectivity index (χ1v) is 25.7. The van der Waals surface area contributed by atoms with Crippen molar-refractivity contribution in [1.82, 2.24) is 19.9 Å². The van der Waals surface area contributed by atoms with Gasteiger partial charge in [0.25, 0.3) is 0 Å². The van der Waals surface area contributed by atoms with Crippen molar-refractivity contribution < 1.29 is 37.9 Å². The summed E-state index contributed by atoms with van der Waals surface area (Å²) < 4.78 is 32.4. The van der Waals surface area contributed by atoms with Crippen LogP contribution in [0.4, 0.5) is 15.9 Å². The van der Waals surface area contributed by atoms with Crippen LogP contribution in [-0.2, 0) is 27.3 Å². The molecule has 0 aliphatic carbocycles. The molecule has 0 saturated carbocycles. The summed E-state index contributed by atoms with van der Waals surface area (Å²) in [6.07, 6.45) is 4.89. The number of rotatable bonds is 21. The number of hydrogen-bond donors (Lipinski definition) is 0. The highest BCUT2D eigenvalue weighted by atomic mass is 35.5. The molecule has 8 rings (SSSR count). The van der Waals surface area contributed by atoms with Crippen LogP contribution in [0.3, 0.4) is 0 Å². The number of aliphatic imine (C=N–C) groups is 1. The molecular formula is C56H55Cl3FN7O8. The second-order valence-electron chi connectivity index (χ2n) is 18.8. The molecule has 75 heavy (non-hydrogen) atoms. The first-order chi connectivity index (χ1) is 36.1. The van der Waals surface area contributed by atoms with Gasteiger partial charge in [0.15, 0.2) is 5.78 Å². The van der Waals surface area contributed by atoms with Gasteiger partial charge < -0.3 is 24.0 Å². The molecule has 0 bridgehead atoms. The lowest BCUT2D eigenvalue weighted by atomic mass is 9.93. The Labute approximate surface area is 449 Å². The highest BCUT2D eigenvalue weighted by Crippen LogP contribution is 2.41. The van der Waals surface area contributed by atoms with Crippen LogP contribution in [0.5, 0.6) is 11.5 Å². The fraction of sp³-hybridized carbons (Fsp3) is 0.339. The Balaban J connectivity index is 0.829. The molecule has 2 aliphatic heterocycles. The zero-order valence-electron chi connectivity index (χ0n) is 41.9. The molecule has 0 unspecified atom stereocenters. The number of Topliss-reactive ketones (excluding diaryl/α,β-unsaturated/α-hetero) is 2. The maximum Gasteiger partial charge on any atom is 0.313 e. The van der Waals surface area contributed by atoms with Gasteiger partial charge >= 0.3 is 5.69 Å². The van der Waals surface area contributed by atoms with E-state index in [1.165, 1.54) is 32.5 Å². The Kier molecular flexibility index (Phi) is 17.9. The summed E-state index contributed by atoms with van der Waals surface area (Å²) in [5, 5.41) is 13.4. The van der Waals surface area contributed by atoms with Gasteiger partial charge in [-0.15, -0.1) is 0 Å². The molecule has 1 amide bonds. The van der Waals surface area contributed by atoms with Crippen LogP contribution in [0, 0.1) is 21.8 Å². The van der Waals surface area contributed by atoms with Crippen molar-refractivity contribution in [2.75, 3.05) is 45.4 Å². The standard InChI is InChI=1S/C56H55Cl3FN7O8/c1-33(2)22-40-31-65(32-47(35-13-15-37(57)16-14-35)66(40)56-46(67(71)72)26-39(59)30-63-56)52(70)27-41(68)8-6-20-75-21-7-10-48(69)43-18-12-34(23-50(43)74-4)24-51-61-28-36-29-62-55(53-45(60)9-5-11-49(53)73-3)44-25-38(58)17-19-42(44)54(36)64-51/h5,9,11-19,23,25-26,28,30,33,40,47H,6-8,10,20-22,24,27,29,31-32H2,1-4H3/t40-,47-/m1/s1. The molecule has 0 radical (unpaired) electrons. The van der Waals surface area contributed by atoms with E-state index in [2.05, 4.69) is 9.97 Å². The number of benzene rings is 4. The first-order valence-electron chi connectivity index (χ1n) is 24.6. The van der Waals surface area contributed by atoms with E-state index in [9.17, 15) is 24.5 Å². The van der Waals surface area contributed by atoms with E-state index in [-0.39, 0.29) is 97.0 Å². The lowest BCUT2D eigenvalue weighted by Gasteiger charge is -2.48. The fourth-order valence-electron chi connectivity index (χ4n) is 9.66. The summed E-state index contributed by atoms with van der Waals surface area (Å²) in [4.78, 5) is 74.7. The number of nitrogens with zero attached hydrogens (tertiary/aromatic N) is 7. The number of halogens is 4. The van der Waals surface area contributed by atoms with Crippen LogP contribution in [0.1, 0.15) is 102 Å². The largest absolute Gasteiger partial charge is 0.496 e. The number of anilines is 1. The van der Waals surface area contributed by atoms with E-state index in [4.69, 9.17) is 59.0 Å². The lowest BCUT2D eigenvalue weighted by Crippen LogP contribution is -2.57. The van der Waals surface area contributed by atoms with Gasteiger partial charge in [0.05, 0.1) is 65.7 Å². The number of aromatic nitrogens is 3. The van der Waals surface area contributed by atoms with Gasteiger partial charge in [-0.05, 0) is 84.8 Å². The smallest absolute Gasteiger partial charge is 0.313 e. The van der Waals surface area contributed by atoms with Crippen LogP contribution >= 0.6 is 34.8 Å². The molecule has 2 aromatic heterocycles. The van der Waals surface area contributed by atoms with Crippen LogP contribution in [-0.4, -0.2) is 94.5 Å². The molecule has 4 aromatic carbocycles. The number of piperazine rings is 1. The number of pyridine rings is 1. The summed E-state index contributed by atoms with van der Waals surface area (Å²) in [6, 6.07) is 22.8. The van der Waals surface area contributed by atoms with E-state index in [0.717, 1.165) is 22.3 Å². The third-order valence-corrected chi connectivity index (χ3v) is 13.8. The third kappa shape index (κ3) is 13.0. The van der Waals surface area contributed by atoms with Crippen molar-refractivity contribution in [2.24, 2.45) is 10.9 Å². The quantitative estimate of drug-likeness (QED) is 0.0219. The van der Waals surface area contributed by atoms with E-state index < -0.39 is 16.8 Å². The number of methoxy groups -OCH3 is 2. The molecule has 1 fully saturated rings. The molecular weight excluding hydrogens is 1020 g/mol. The molecule has 15 nitrogen and oxygen atoms in total. The number of ether oxygens (including phenoxy) is 3. The Hall–Kier alpha value is -6.85. The molecule has 19 heteroatoms. The van der Waals surface area contributed by atoms with Gasteiger partial charge in [0.1, 0.15) is 28.9 Å². The van der Waals surface area contributed by atoms with Crippen molar-refractivity contribution in [3.05, 3.63) is 168 Å². The maximum absolute atomic E-state index is 15.4. The Morgan fingerprint density at radius 3 is 2.32 bits per heavy atom. The molecule has 2 atom stereocenters. The topological polar surface area (TPSA) is 180 Å².